The molecule has 19 heavy (non-hydrogen) atoms. The van der Waals surface area contributed by atoms with E-state index in [2.05, 4.69) is 27.4 Å². The van der Waals surface area contributed by atoms with Gasteiger partial charge >= 0.3 is 0 Å². The normalized spacial score (nSPS) is 13.7. The maximum absolute atomic E-state index is 4.61. The van der Waals surface area contributed by atoms with Crippen molar-refractivity contribution in [2.45, 2.75) is 11.4 Å². The third kappa shape index (κ3) is 2.71. The van der Waals surface area contributed by atoms with Crippen LogP contribution in [-0.2, 0) is 6.54 Å². The summed E-state index contributed by atoms with van der Waals surface area (Å²) in [6.07, 6.45) is 3.61. The first-order chi connectivity index (χ1) is 9.33. The molecule has 0 fully saturated rings. The highest BCUT2D eigenvalue weighted by atomic mass is 32.2. The zero-order valence-electron chi connectivity index (χ0n) is 10.6. The Morgan fingerprint density at radius 1 is 1.21 bits per heavy atom. The minimum Gasteiger partial charge on any atom is -0.351 e. The number of guanidine groups is 1. The van der Waals surface area contributed by atoms with E-state index in [4.69, 9.17) is 0 Å². The maximum atomic E-state index is 4.61. The van der Waals surface area contributed by atoms with Crippen molar-refractivity contribution in [1.29, 1.82) is 0 Å². The van der Waals surface area contributed by atoms with Crippen molar-refractivity contribution in [2.75, 3.05) is 7.05 Å². The predicted octanol–water partition coefficient (Wildman–Crippen LogP) is 2.81. The second kappa shape index (κ2) is 5.32. The van der Waals surface area contributed by atoms with Crippen molar-refractivity contribution in [3.8, 4) is 0 Å². The SMILES string of the molecule is CN1Sc2cnccc2N=C1NCc1ccccc1. The second-order valence-corrected chi connectivity index (χ2v) is 5.38. The fourth-order valence-electron chi connectivity index (χ4n) is 1.84. The molecule has 0 spiro atoms. The predicted molar refractivity (Wildman–Crippen MR) is 78.2 cm³/mol. The largest absolute Gasteiger partial charge is 0.351 e. The first-order valence-corrected chi connectivity index (χ1v) is 6.82. The molecule has 1 aliphatic heterocycles. The minimum absolute atomic E-state index is 0.769. The van der Waals surface area contributed by atoms with Gasteiger partial charge in [-0.25, -0.2) is 4.99 Å². The molecule has 96 valence electrons. The van der Waals surface area contributed by atoms with Crippen LogP contribution in [0.3, 0.4) is 0 Å². The first kappa shape index (κ1) is 12.0. The number of nitrogens with zero attached hydrogens (tertiary/aromatic N) is 3. The van der Waals surface area contributed by atoms with Crippen molar-refractivity contribution in [3.63, 3.8) is 0 Å². The van der Waals surface area contributed by atoms with Gasteiger partial charge in [0.05, 0.1) is 10.6 Å². The molecule has 0 bridgehead atoms. The summed E-state index contributed by atoms with van der Waals surface area (Å²) in [6, 6.07) is 12.2. The lowest BCUT2D eigenvalue weighted by Crippen LogP contribution is -2.35. The maximum Gasteiger partial charge on any atom is 0.209 e. The fourth-order valence-corrected chi connectivity index (χ4v) is 2.64. The Morgan fingerprint density at radius 2 is 2.05 bits per heavy atom. The second-order valence-electron chi connectivity index (χ2n) is 4.21. The van der Waals surface area contributed by atoms with Gasteiger partial charge in [-0.05, 0) is 23.6 Å². The molecule has 0 aliphatic carbocycles. The lowest BCUT2D eigenvalue weighted by atomic mass is 10.2. The van der Waals surface area contributed by atoms with Crippen molar-refractivity contribution >= 4 is 23.6 Å². The molecule has 2 aromatic rings. The molecule has 0 radical (unpaired) electrons. The third-order valence-corrected chi connectivity index (χ3v) is 3.77. The Bertz CT molecular complexity index is 597. The number of benzene rings is 1. The van der Waals surface area contributed by atoms with Gasteiger partial charge < -0.3 is 5.32 Å². The quantitative estimate of drug-likeness (QED) is 0.852. The highest BCUT2D eigenvalue weighted by Gasteiger charge is 2.17. The highest BCUT2D eigenvalue weighted by molar-refractivity contribution is 7.97. The number of aromatic nitrogens is 1. The zero-order valence-corrected chi connectivity index (χ0v) is 11.4. The Labute approximate surface area is 116 Å². The van der Waals surface area contributed by atoms with Crippen LogP contribution < -0.4 is 5.32 Å². The molecule has 0 unspecified atom stereocenters. The molecule has 3 rings (SSSR count). The molecule has 1 N–H and O–H groups in total. The molecule has 2 heterocycles. The van der Waals surface area contributed by atoms with E-state index in [-0.39, 0.29) is 0 Å². The lowest BCUT2D eigenvalue weighted by molar-refractivity contribution is 0.741. The third-order valence-electron chi connectivity index (χ3n) is 2.82. The van der Waals surface area contributed by atoms with E-state index in [0.717, 1.165) is 23.1 Å². The fraction of sp³-hybridized carbons (Fsp3) is 0.143. The molecule has 0 atom stereocenters. The van der Waals surface area contributed by atoms with Crippen LogP contribution >= 0.6 is 11.9 Å². The molecule has 0 saturated carbocycles. The minimum atomic E-state index is 0.769. The van der Waals surface area contributed by atoms with Gasteiger partial charge in [-0.2, -0.15) is 0 Å². The monoisotopic (exact) mass is 270 g/mol. The van der Waals surface area contributed by atoms with Crippen LogP contribution in [0.15, 0.2) is 58.7 Å². The van der Waals surface area contributed by atoms with E-state index in [1.54, 1.807) is 18.1 Å². The Kier molecular flexibility index (Phi) is 3.37. The average molecular weight is 270 g/mol. The van der Waals surface area contributed by atoms with Gasteiger partial charge in [0.1, 0.15) is 0 Å². The number of hydrogen-bond acceptors (Lipinski definition) is 5. The molecule has 0 saturated heterocycles. The van der Waals surface area contributed by atoms with Gasteiger partial charge in [0, 0.05) is 26.0 Å². The van der Waals surface area contributed by atoms with Crippen LogP contribution in [0.1, 0.15) is 5.56 Å². The van der Waals surface area contributed by atoms with Crippen molar-refractivity contribution in [1.82, 2.24) is 14.6 Å². The van der Waals surface area contributed by atoms with Crippen LogP contribution in [0.2, 0.25) is 0 Å². The summed E-state index contributed by atoms with van der Waals surface area (Å²) in [5.41, 5.74) is 2.21. The van der Waals surface area contributed by atoms with Crippen LogP contribution in [0.5, 0.6) is 0 Å². The lowest BCUT2D eigenvalue weighted by Gasteiger charge is -2.25. The Balaban J connectivity index is 1.76. The summed E-state index contributed by atoms with van der Waals surface area (Å²) in [5.74, 6) is 0.868. The highest BCUT2D eigenvalue weighted by Crippen LogP contribution is 2.34. The molecule has 4 nitrogen and oxygen atoms in total. The van der Waals surface area contributed by atoms with E-state index in [1.807, 2.05) is 41.8 Å². The van der Waals surface area contributed by atoms with Crippen molar-refractivity contribution < 1.29 is 0 Å². The Morgan fingerprint density at radius 3 is 2.89 bits per heavy atom. The number of hydrogen-bond donors (Lipinski definition) is 1. The van der Waals surface area contributed by atoms with Gasteiger partial charge in [-0.3, -0.25) is 9.29 Å². The molecule has 1 aliphatic rings. The Hall–Kier alpha value is -2.01. The van der Waals surface area contributed by atoms with Crippen LogP contribution in [0, 0.1) is 0 Å². The van der Waals surface area contributed by atoms with E-state index >= 15 is 0 Å². The van der Waals surface area contributed by atoms with Gasteiger partial charge in [-0.1, -0.05) is 30.3 Å². The number of nitrogens with one attached hydrogen (secondary N) is 1. The summed E-state index contributed by atoms with van der Waals surface area (Å²) < 4.78 is 2.02. The molecular weight excluding hydrogens is 256 g/mol. The summed E-state index contributed by atoms with van der Waals surface area (Å²) in [4.78, 5) is 9.80. The first-order valence-electron chi connectivity index (χ1n) is 6.05. The number of pyridine rings is 1. The number of rotatable bonds is 2. The van der Waals surface area contributed by atoms with Crippen molar-refractivity contribution in [3.05, 3.63) is 54.4 Å². The molecule has 0 amide bonds. The zero-order chi connectivity index (χ0) is 13.1. The average Bonchev–Trinajstić information content (AvgIpc) is 2.46. The number of aliphatic imine (C=N–C) groups is 1. The molecule has 5 heteroatoms. The van der Waals surface area contributed by atoms with Gasteiger partial charge in [0.2, 0.25) is 5.96 Å². The topological polar surface area (TPSA) is 40.5 Å². The van der Waals surface area contributed by atoms with Crippen LogP contribution in [-0.4, -0.2) is 22.3 Å². The van der Waals surface area contributed by atoms with Gasteiger partial charge in [-0.15, -0.1) is 0 Å². The summed E-state index contributed by atoms with van der Waals surface area (Å²) in [7, 11) is 2.00. The number of fused-ring (bicyclic) bond motifs is 1. The van der Waals surface area contributed by atoms with Gasteiger partial charge in [0.15, 0.2) is 0 Å². The van der Waals surface area contributed by atoms with Gasteiger partial charge in [0.25, 0.3) is 0 Å². The smallest absolute Gasteiger partial charge is 0.209 e. The van der Waals surface area contributed by atoms with E-state index in [1.165, 1.54) is 5.56 Å². The van der Waals surface area contributed by atoms with E-state index in [9.17, 15) is 0 Å². The summed E-state index contributed by atoms with van der Waals surface area (Å²) >= 11 is 1.63. The summed E-state index contributed by atoms with van der Waals surface area (Å²) in [6.45, 7) is 0.769. The van der Waals surface area contributed by atoms with Crippen LogP contribution in [0.4, 0.5) is 5.69 Å². The van der Waals surface area contributed by atoms with E-state index in [0.29, 0.717) is 0 Å². The molecule has 1 aromatic heterocycles. The standard InChI is InChI=1S/C14H14N4S/c1-18-14(16-9-11-5-3-2-4-6-11)17-12-7-8-15-10-13(12)19-18/h2-8,10H,9H2,1H3,(H,16,17). The van der Waals surface area contributed by atoms with Crippen LogP contribution in [0.25, 0.3) is 0 Å². The van der Waals surface area contributed by atoms with E-state index < -0.39 is 0 Å². The summed E-state index contributed by atoms with van der Waals surface area (Å²) in [5, 5.41) is 3.36. The van der Waals surface area contributed by atoms with Crippen molar-refractivity contribution in [2.24, 2.45) is 4.99 Å². The molecule has 1 aromatic carbocycles. The molecular formula is C14H14N4S.